The molecule has 0 aromatic heterocycles. The molecule has 2 amide bonds. The van der Waals surface area contributed by atoms with E-state index >= 15 is 0 Å². The lowest BCUT2D eigenvalue weighted by atomic mass is 10.2. The van der Waals surface area contributed by atoms with Crippen molar-refractivity contribution in [1.82, 2.24) is 10.6 Å². The van der Waals surface area contributed by atoms with Gasteiger partial charge in [-0.15, -0.1) is 0 Å². The number of carbonyl (C=O) groups excluding carboxylic acids is 1. The summed E-state index contributed by atoms with van der Waals surface area (Å²) in [5.41, 5.74) is 0. The van der Waals surface area contributed by atoms with Crippen molar-refractivity contribution in [3.05, 3.63) is 0 Å². The molecule has 17 heavy (non-hydrogen) atoms. The Kier molecular flexibility index (Phi) is 7.53. The van der Waals surface area contributed by atoms with Crippen molar-refractivity contribution in [2.45, 2.75) is 38.0 Å². The molecule has 0 rings (SSSR count). The molecule has 7 heteroatoms. The van der Waals surface area contributed by atoms with Crippen LogP contribution in [0.3, 0.4) is 0 Å². The number of carbonyl (C=O) groups is 2. The van der Waals surface area contributed by atoms with Gasteiger partial charge in [0.1, 0.15) is 6.04 Å². The molecule has 0 saturated carbocycles. The van der Waals surface area contributed by atoms with E-state index in [1.807, 2.05) is 6.92 Å². The van der Waals surface area contributed by atoms with Gasteiger partial charge in [0, 0.05) is 28.9 Å². The van der Waals surface area contributed by atoms with E-state index in [0.717, 1.165) is 0 Å². The molecule has 0 radical (unpaired) electrons. The summed E-state index contributed by atoms with van der Waals surface area (Å²) in [6, 6.07) is -1.37. The molecule has 0 fully saturated rings. The van der Waals surface area contributed by atoms with Gasteiger partial charge in [0.15, 0.2) is 0 Å². The van der Waals surface area contributed by atoms with Crippen LogP contribution in [-0.4, -0.2) is 45.4 Å². The third-order valence-corrected chi connectivity index (χ3v) is 3.78. The van der Waals surface area contributed by atoms with Crippen LogP contribution in [0.5, 0.6) is 0 Å². The minimum absolute atomic E-state index is 0.0109. The van der Waals surface area contributed by atoms with E-state index in [4.69, 9.17) is 5.11 Å². The second kappa shape index (κ2) is 8.05. The third kappa shape index (κ3) is 6.93. The van der Waals surface area contributed by atoms with E-state index in [0.29, 0.717) is 19.4 Å². The van der Waals surface area contributed by atoms with Gasteiger partial charge in [0.2, 0.25) is 0 Å². The predicted molar refractivity (Wildman–Crippen MR) is 66.4 cm³/mol. The largest absolute Gasteiger partial charge is 0.480 e. The van der Waals surface area contributed by atoms with Gasteiger partial charge in [-0.2, -0.15) is 0 Å². The fourth-order valence-corrected chi connectivity index (χ4v) is 1.55. The molecule has 0 aromatic carbocycles. The highest BCUT2D eigenvalue weighted by atomic mass is 32.2. The molecule has 3 N–H and O–H groups in total. The third-order valence-electron chi connectivity index (χ3n) is 2.41. The van der Waals surface area contributed by atoms with Crippen LogP contribution >= 0.6 is 0 Å². The zero-order valence-corrected chi connectivity index (χ0v) is 11.2. The highest BCUT2D eigenvalue weighted by Gasteiger charge is 2.17. The van der Waals surface area contributed by atoms with Crippen molar-refractivity contribution in [2.24, 2.45) is 0 Å². The lowest BCUT2D eigenvalue weighted by Crippen LogP contribution is -2.46. The van der Waals surface area contributed by atoms with Crippen molar-refractivity contribution in [2.75, 3.05) is 12.8 Å². The Morgan fingerprint density at radius 1 is 1.41 bits per heavy atom. The Bertz CT molecular complexity index is 296. The van der Waals surface area contributed by atoms with Gasteiger partial charge in [-0.1, -0.05) is 13.8 Å². The number of carboxylic acids is 1. The fraction of sp³-hybridized carbons (Fsp3) is 0.800. The Morgan fingerprint density at radius 3 is 2.41 bits per heavy atom. The summed E-state index contributed by atoms with van der Waals surface area (Å²) >= 11 is 0. The number of hydrogen-bond acceptors (Lipinski definition) is 3. The van der Waals surface area contributed by atoms with Gasteiger partial charge in [-0.25, -0.2) is 9.59 Å². The Hall–Kier alpha value is -1.11. The fourth-order valence-electron chi connectivity index (χ4n) is 1.10. The lowest BCUT2D eigenvalue weighted by Gasteiger charge is -2.14. The summed E-state index contributed by atoms with van der Waals surface area (Å²) in [7, 11) is -0.911. The van der Waals surface area contributed by atoms with Gasteiger partial charge in [-0.05, 0) is 12.8 Å². The highest BCUT2D eigenvalue weighted by Crippen LogP contribution is 1.97. The first-order valence-corrected chi connectivity index (χ1v) is 7.10. The number of carboxylic acid groups (broad SMARTS) is 1. The smallest absolute Gasteiger partial charge is 0.326 e. The van der Waals surface area contributed by atoms with E-state index in [9.17, 15) is 13.8 Å². The molecule has 0 spiro atoms. The van der Waals surface area contributed by atoms with Gasteiger partial charge >= 0.3 is 12.0 Å². The monoisotopic (exact) mass is 264 g/mol. The van der Waals surface area contributed by atoms with Gasteiger partial charge in [-0.3, -0.25) is 4.21 Å². The zero-order chi connectivity index (χ0) is 13.4. The van der Waals surface area contributed by atoms with Crippen molar-refractivity contribution < 1.29 is 18.9 Å². The first-order chi connectivity index (χ1) is 7.88. The summed E-state index contributed by atoms with van der Waals surface area (Å²) in [5, 5.41) is 13.6. The number of nitrogens with one attached hydrogen (secondary N) is 2. The number of amides is 2. The number of aliphatic carboxylic acids is 1. The van der Waals surface area contributed by atoms with Gasteiger partial charge < -0.3 is 15.7 Å². The van der Waals surface area contributed by atoms with Crippen molar-refractivity contribution >= 4 is 22.8 Å². The molecule has 0 bridgehead atoms. The molecule has 0 aliphatic heterocycles. The number of urea groups is 1. The summed E-state index contributed by atoms with van der Waals surface area (Å²) in [6.45, 7) is 3.89. The average molecular weight is 264 g/mol. The molecule has 2 unspecified atom stereocenters. The zero-order valence-electron chi connectivity index (χ0n) is 10.4. The SMILES string of the molecule is CC[C@H](NC(=O)NCCC(C)S(C)=O)C(=O)O. The first-order valence-electron chi connectivity index (χ1n) is 5.47. The molecule has 3 atom stereocenters. The molecule has 0 saturated heterocycles. The van der Waals surface area contributed by atoms with Crippen LogP contribution in [0, 0.1) is 0 Å². The molecule has 0 aliphatic rings. The van der Waals surface area contributed by atoms with Crippen LogP contribution in [0.15, 0.2) is 0 Å². The van der Waals surface area contributed by atoms with E-state index < -0.39 is 28.8 Å². The van der Waals surface area contributed by atoms with Crippen LogP contribution in [-0.2, 0) is 15.6 Å². The predicted octanol–water partition coefficient (Wildman–Crippen LogP) is 0.306. The van der Waals surface area contributed by atoms with E-state index in [1.54, 1.807) is 13.2 Å². The number of rotatable bonds is 7. The minimum Gasteiger partial charge on any atom is -0.480 e. The minimum atomic E-state index is -1.05. The first kappa shape index (κ1) is 15.9. The van der Waals surface area contributed by atoms with Crippen LogP contribution in [0.2, 0.25) is 0 Å². The maximum atomic E-state index is 11.3. The van der Waals surface area contributed by atoms with Crippen LogP contribution < -0.4 is 10.6 Å². The van der Waals surface area contributed by atoms with E-state index in [1.165, 1.54) is 0 Å². The van der Waals surface area contributed by atoms with Crippen LogP contribution in [0.25, 0.3) is 0 Å². The molecule has 6 nitrogen and oxygen atoms in total. The Balaban J connectivity index is 3.87. The summed E-state index contributed by atoms with van der Waals surface area (Å²) < 4.78 is 11.0. The lowest BCUT2D eigenvalue weighted by molar-refractivity contribution is -0.139. The standard InChI is InChI=1S/C10H20N2O4S/c1-4-8(9(13)14)12-10(15)11-6-5-7(2)17(3)16/h7-8H,4-6H2,1-3H3,(H,13,14)(H2,11,12,15)/t7?,8-,17?/m0/s1. The molecular formula is C10H20N2O4S. The molecule has 100 valence electrons. The highest BCUT2D eigenvalue weighted by molar-refractivity contribution is 7.84. The van der Waals surface area contributed by atoms with Gasteiger partial charge in [0.25, 0.3) is 0 Å². The second-order valence-electron chi connectivity index (χ2n) is 3.80. The van der Waals surface area contributed by atoms with Crippen molar-refractivity contribution in [3.8, 4) is 0 Å². The summed E-state index contributed by atoms with van der Waals surface area (Å²) in [4.78, 5) is 22.0. The molecule has 0 aromatic rings. The van der Waals surface area contributed by atoms with Gasteiger partial charge in [0.05, 0.1) is 0 Å². The second-order valence-corrected chi connectivity index (χ2v) is 5.60. The quantitative estimate of drug-likeness (QED) is 0.616. The molecule has 0 heterocycles. The maximum absolute atomic E-state index is 11.3. The maximum Gasteiger partial charge on any atom is 0.326 e. The van der Waals surface area contributed by atoms with E-state index in [2.05, 4.69) is 10.6 Å². The normalized spacial score (nSPS) is 15.7. The van der Waals surface area contributed by atoms with Crippen molar-refractivity contribution in [3.63, 3.8) is 0 Å². The Labute approximate surface area is 104 Å². The van der Waals surface area contributed by atoms with Crippen LogP contribution in [0.4, 0.5) is 4.79 Å². The van der Waals surface area contributed by atoms with Crippen molar-refractivity contribution in [1.29, 1.82) is 0 Å². The molecule has 0 aliphatic carbocycles. The Morgan fingerprint density at radius 2 is 2.00 bits per heavy atom. The molecular weight excluding hydrogens is 244 g/mol. The summed E-state index contributed by atoms with van der Waals surface area (Å²) in [6.07, 6.45) is 2.54. The summed E-state index contributed by atoms with van der Waals surface area (Å²) in [5.74, 6) is -1.05. The number of hydrogen-bond donors (Lipinski definition) is 3. The topological polar surface area (TPSA) is 95.5 Å². The average Bonchev–Trinajstić information content (AvgIpc) is 2.25. The van der Waals surface area contributed by atoms with Crippen LogP contribution in [0.1, 0.15) is 26.7 Å². The van der Waals surface area contributed by atoms with E-state index in [-0.39, 0.29) is 5.25 Å².